The summed E-state index contributed by atoms with van der Waals surface area (Å²) in [4.78, 5) is 0. The molecule has 1 aromatic rings. The first-order chi connectivity index (χ1) is 8.15. The summed E-state index contributed by atoms with van der Waals surface area (Å²) < 4.78 is 1.94. The van der Waals surface area contributed by atoms with E-state index < -0.39 is 0 Å². The molecule has 0 aromatic carbocycles. The SMILES string of the molecule is Cc1cc(CNCC2CCC(O)CC2)n(C)n1. The molecule has 0 unspecified atom stereocenters. The highest BCUT2D eigenvalue weighted by Crippen LogP contribution is 2.23. The number of rotatable bonds is 4. The number of nitrogens with one attached hydrogen (secondary N) is 1. The van der Waals surface area contributed by atoms with Gasteiger partial charge in [-0.05, 0) is 51.1 Å². The first-order valence-electron chi connectivity index (χ1n) is 6.53. The van der Waals surface area contributed by atoms with Crippen LogP contribution in [0, 0.1) is 12.8 Å². The van der Waals surface area contributed by atoms with Gasteiger partial charge in [-0.15, -0.1) is 0 Å². The molecule has 96 valence electrons. The van der Waals surface area contributed by atoms with Crippen LogP contribution in [0.2, 0.25) is 0 Å². The minimum atomic E-state index is -0.0500. The molecule has 0 atom stereocenters. The summed E-state index contributed by atoms with van der Waals surface area (Å²) >= 11 is 0. The molecule has 0 aliphatic heterocycles. The third-order valence-corrected chi connectivity index (χ3v) is 3.65. The largest absolute Gasteiger partial charge is 0.393 e. The van der Waals surface area contributed by atoms with Crippen LogP contribution >= 0.6 is 0 Å². The molecule has 0 radical (unpaired) electrons. The summed E-state index contributed by atoms with van der Waals surface area (Å²) in [7, 11) is 1.99. The zero-order chi connectivity index (χ0) is 12.3. The standard InChI is InChI=1S/C13H23N3O/c1-10-7-12(16(2)15-10)9-14-8-11-3-5-13(17)6-4-11/h7,11,13-14,17H,3-6,8-9H2,1-2H3. The highest BCUT2D eigenvalue weighted by atomic mass is 16.3. The third kappa shape index (κ3) is 3.54. The second kappa shape index (κ2) is 5.65. The van der Waals surface area contributed by atoms with Crippen LogP contribution in [0.3, 0.4) is 0 Å². The predicted octanol–water partition coefficient (Wildman–Crippen LogP) is 1.37. The van der Waals surface area contributed by atoms with Crippen LogP contribution in [0.25, 0.3) is 0 Å². The van der Waals surface area contributed by atoms with E-state index in [1.165, 1.54) is 5.69 Å². The van der Waals surface area contributed by atoms with Crippen LogP contribution in [-0.4, -0.2) is 27.5 Å². The molecule has 1 aliphatic rings. The van der Waals surface area contributed by atoms with E-state index in [9.17, 15) is 5.11 Å². The van der Waals surface area contributed by atoms with Crippen molar-refractivity contribution in [3.63, 3.8) is 0 Å². The van der Waals surface area contributed by atoms with Gasteiger partial charge in [0.1, 0.15) is 0 Å². The van der Waals surface area contributed by atoms with Crippen molar-refractivity contribution in [1.29, 1.82) is 0 Å². The molecule has 2 N–H and O–H groups in total. The molecule has 1 saturated carbocycles. The van der Waals surface area contributed by atoms with E-state index in [4.69, 9.17) is 0 Å². The first-order valence-corrected chi connectivity index (χ1v) is 6.53. The minimum Gasteiger partial charge on any atom is -0.393 e. The van der Waals surface area contributed by atoms with Crippen molar-refractivity contribution in [2.75, 3.05) is 6.54 Å². The molecule has 4 heteroatoms. The van der Waals surface area contributed by atoms with Gasteiger partial charge in [-0.25, -0.2) is 0 Å². The van der Waals surface area contributed by atoms with Crippen molar-refractivity contribution in [2.45, 2.75) is 45.3 Å². The number of aromatic nitrogens is 2. The molecule has 1 aliphatic carbocycles. The van der Waals surface area contributed by atoms with Crippen LogP contribution in [0.15, 0.2) is 6.07 Å². The molecule has 17 heavy (non-hydrogen) atoms. The molecule has 0 amide bonds. The zero-order valence-corrected chi connectivity index (χ0v) is 10.8. The Balaban J connectivity index is 1.71. The lowest BCUT2D eigenvalue weighted by Crippen LogP contribution is -2.28. The Morgan fingerprint density at radius 2 is 2.12 bits per heavy atom. The van der Waals surface area contributed by atoms with Gasteiger partial charge in [0.05, 0.1) is 17.5 Å². The number of hydrogen-bond donors (Lipinski definition) is 2. The maximum Gasteiger partial charge on any atom is 0.0597 e. The smallest absolute Gasteiger partial charge is 0.0597 e. The van der Waals surface area contributed by atoms with Crippen LogP contribution in [0.4, 0.5) is 0 Å². The fourth-order valence-electron chi connectivity index (χ4n) is 2.58. The van der Waals surface area contributed by atoms with Gasteiger partial charge < -0.3 is 10.4 Å². The monoisotopic (exact) mass is 237 g/mol. The van der Waals surface area contributed by atoms with Gasteiger partial charge in [-0.1, -0.05) is 0 Å². The Morgan fingerprint density at radius 3 is 2.71 bits per heavy atom. The molecule has 2 rings (SSSR count). The molecular weight excluding hydrogens is 214 g/mol. The molecule has 0 saturated heterocycles. The number of aliphatic hydroxyl groups is 1. The average molecular weight is 237 g/mol. The number of aliphatic hydroxyl groups excluding tert-OH is 1. The lowest BCUT2D eigenvalue weighted by atomic mass is 9.87. The zero-order valence-electron chi connectivity index (χ0n) is 10.8. The van der Waals surface area contributed by atoms with Crippen molar-refractivity contribution in [1.82, 2.24) is 15.1 Å². The predicted molar refractivity (Wildman–Crippen MR) is 67.6 cm³/mol. The highest BCUT2D eigenvalue weighted by Gasteiger charge is 2.18. The van der Waals surface area contributed by atoms with Crippen molar-refractivity contribution >= 4 is 0 Å². The minimum absolute atomic E-state index is 0.0500. The molecule has 0 spiro atoms. The van der Waals surface area contributed by atoms with Crippen LogP contribution < -0.4 is 5.32 Å². The van der Waals surface area contributed by atoms with E-state index in [-0.39, 0.29) is 6.10 Å². The van der Waals surface area contributed by atoms with E-state index >= 15 is 0 Å². The lowest BCUT2D eigenvalue weighted by Gasteiger charge is -2.25. The number of nitrogens with zero attached hydrogens (tertiary/aromatic N) is 2. The Bertz CT molecular complexity index is 354. The van der Waals surface area contributed by atoms with Gasteiger partial charge in [0.15, 0.2) is 0 Å². The fraction of sp³-hybridized carbons (Fsp3) is 0.769. The van der Waals surface area contributed by atoms with Gasteiger partial charge in [0.25, 0.3) is 0 Å². The molecule has 1 aromatic heterocycles. The van der Waals surface area contributed by atoms with Crippen LogP contribution in [0.1, 0.15) is 37.1 Å². The maximum atomic E-state index is 9.44. The Kier molecular flexibility index (Phi) is 4.18. The van der Waals surface area contributed by atoms with E-state index in [0.29, 0.717) is 0 Å². The Morgan fingerprint density at radius 1 is 1.41 bits per heavy atom. The first kappa shape index (κ1) is 12.6. The molecule has 0 bridgehead atoms. The Labute approximate surface area is 103 Å². The van der Waals surface area contributed by atoms with Crippen LogP contribution in [-0.2, 0) is 13.6 Å². The quantitative estimate of drug-likeness (QED) is 0.831. The third-order valence-electron chi connectivity index (χ3n) is 3.65. The van der Waals surface area contributed by atoms with Gasteiger partial charge in [0, 0.05) is 13.6 Å². The van der Waals surface area contributed by atoms with Gasteiger partial charge >= 0.3 is 0 Å². The summed E-state index contributed by atoms with van der Waals surface area (Å²) in [5.41, 5.74) is 2.31. The second-order valence-corrected chi connectivity index (χ2v) is 5.21. The van der Waals surface area contributed by atoms with E-state index in [2.05, 4.69) is 16.5 Å². The molecular formula is C13H23N3O. The Hall–Kier alpha value is -0.870. The normalized spacial score (nSPS) is 25.1. The van der Waals surface area contributed by atoms with Crippen molar-refractivity contribution in [3.8, 4) is 0 Å². The highest BCUT2D eigenvalue weighted by molar-refractivity contribution is 5.08. The van der Waals surface area contributed by atoms with Gasteiger partial charge in [-0.2, -0.15) is 5.10 Å². The summed E-state index contributed by atoms with van der Waals surface area (Å²) in [6, 6.07) is 2.12. The van der Waals surface area contributed by atoms with Gasteiger partial charge in [0.2, 0.25) is 0 Å². The second-order valence-electron chi connectivity index (χ2n) is 5.21. The number of aryl methyl sites for hydroxylation is 2. The summed E-state index contributed by atoms with van der Waals surface area (Å²) in [6.07, 6.45) is 4.19. The van der Waals surface area contributed by atoms with E-state index in [1.807, 2.05) is 18.7 Å². The molecule has 1 fully saturated rings. The van der Waals surface area contributed by atoms with Crippen LogP contribution in [0.5, 0.6) is 0 Å². The summed E-state index contributed by atoms with van der Waals surface area (Å²) in [6.45, 7) is 3.96. The van der Waals surface area contributed by atoms with Gasteiger partial charge in [-0.3, -0.25) is 4.68 Å². The van der Waals surface area contributed by atoms with E-state index in [0.717, 1.165) is 50.4 Å². The maximum absolute atomic E-state index is 9.44. The molecule has 1 heterocycles. The van der Waals surface area contributed by atoms with E-state index in [1.54, 1.807) is 0 Å². The van der Waals surface area contributed by atoms with Crippen molar-refractivity contribution in [3.05, 3.63) is 17.5 Å². The lowest BCUT2D eigenvalue weighted by molar-refractivity contribution is 0.108. The van der Waals surface area contributed by atoms with Crippen molar-refractivity contribution < 1.29 is 5.11 Å². The fourth-order valence-corrected chi connectivity index (χ4v) is 2.58. The summed E-state index contributed by atoms with van der Waals surface area (Å²) in [5.74, 6) is 0.729. The summed E-state index contributed by atoms with van der Waals surface area (Å²) in [5, 5.41) is 17.3. The topological polar surface area (TPSA) is 50.1 Å². The van der Waals surface area contributed by atoms with Crippen molar-refractivity contribution in [2.24, 2.45) is 13.0 Å². The molecule has 4 nitrogen and oxygen atoms in total. The average Bonchev–Trinajstić information content (AvgIpc) is 2.60. The number of hydrogen-bond acceptors (Lipinski definition) is 3.